The van der Waals surface area contributed by atoms with Crippen molar-refractivity contribution in [3.05, 3.63) is 101 Å². The Morgan fingerprint density at radius 3 is 2.42 bits per heavy atom. The van der Waals surface area contributed by atoms with E-state index in [1.807, 2.05) is 4.72 Å². The summed E-state index contributed by atoms with van der Waals surface area (Å²) in [7, 11) is -7.92. The second-order valence-corrected chi connectivity index (χ2v) is 13.5. The molecule has 4 atom stereocenters. The summed E-state index contributed by atoms with van der Waals surface area (Å²) in [6.45, 7) is 0.455. The van der Waals surface area contributed by atoms with Gasteiger partial charge in [-0.15, -0.1) is 0 Å². The minimum absolute atomic E-state index is 0.170. The lowest BCUT2D eigenvalue weighted by Gasteiger charge is -2.26. The molecule has 2 heterocycles. The maximum absolute atomic E-state index is 14.2. The molecule has 0 bridgehead atoms. The van der Waals surface area contributed by atoms with Gasteiger partial charge in [-0.3, -0.25) is 20.2 Å². The summed E-state index contributed by atoms with van der Waals surface area (Å²) in [4.78, 5) is 11.4. The average Bonchev–Trinajstić information content (AvgIpc) is 3.48. The third-order valence-electron chi connectivity index (χ3n) is 7.05. The molecular weight excluding hydrogens is 562 g/mol. The fourth-order valence-corrected chi connectivity index (χ4v) is 7.77. The van der Waals surface area contributed by atoms with E-state index in [4.69, 9.17) is 0 Å². The van der Waals surface area contributed by atoms with Gasteiger partial charge < -0.3 is 0 Å². The maximum Gasteiger partial charge on any atom is 0.242 e. The van der Waals surface area contributed by atoms with E-state index in [1.165, 1.54) is 18.2 Å². The normalized spacial score (nSPS) is 23.1. The van der Waals surface area contributed by atoms with Crippen molar-refractivity contribution in [3.8, 4) is 0 Å². The van der Waals surface area contributed by atoms with Crippen LogP contribution >= 0.6 is 0 Å². The maximum atomic E-state index is 14.2. The Hall–Kier alpha value is -3.23. The molecule has 0 aliphatic carbocycles. The standard InChI is InChI=1S/C27H28F2N4O5S2/c28-20-5-3-6-22(14-20)39(35,36)32-24(27-30-16-21(31-27)13-19-4-1-2-7-23(19)29)12-17-8-10-18(11-9-17)25-15-26(34)33-40(25,37)38/h1-11,14,21,24-25,27,30-32H,12-13,15-16H2,(H,33,34)/t21-,24+,25+,27?/m1/s1. The Kier molecular flexibility index (Phi) is 8.02. The monoisotopic (exact) mass is 590 g/mol. The van der Waals surface area contributed by atoms with Gasteiger partial charge in [-0.05, 0) is 53.8 Å². The fourth-order valence-electron chi connectivity index (χ4n) is 5.06. The van der Waals surface area contributed by atoms with Crippen LogP contribution in [-0.4, -0.2) is 47.5 Å². The first-order chi connectivity index (χ1) is 19.0. The van der Waals surface area contributed by atoms with Crippen LogP contribution in [0.15, 0.2) is 77.7 Å². The van der Waals surface area contributed by atoms with Crippen LogP contribution in [0.25, 0.3) is 0 Å². The van der Waals surface area contributed by atoms with Gasteiger partial charge in [0.25, 0.3) is 0 Å². The highest BCUT2D eigenvalue weighted by Gasteiger charge is 2.38. The second-order valence-electron chi connectivity index (χ2n) is 9.94. The molecule has 9 nitrogen and oxygen atoms in total. The van der Waals surface area contributed by atoms with Gasteiger partial charge in [-0.1, -0.05) is 48.5 Å². The fraction of sp³-hybridized carbons (Fsp3) is 0.296. The number of sulfonamides is 2. The van der Waals surface area contributed by atoms with E-state index in [2.05, 4.69) is 15.4 Å². The van der Waals surface area contributed by atoms with Crippen molar-refractivity contribution in [1.82, 2.24) is 20.1 Å². The minimum Gasteiger partial charge on any atom is -0.299 e. The van der Waals surface area contributed by atoms with Gasteiger partial charge in [0.1, 0.15) is 16.9 Å². The summed E-state index contributed by atoms with van der Waals surface area (Å²) in [5.41, 5.74) is 1.68. The molecule has 2 aliphatic rings. The first-order valence-corrected chi connectivity index (χ1v) is 15.7. The van der Waals surface area contributed by atoms with Crippen molar-refractivity contribution < 1.29 is 30.4 Å². The van der Waals surface area contributed by atoms with Gasteiger partial charge in [0.15, 0.2) is 0 Å². The summed E-state index contributed by atoms with van der Waals surface area (Å²) in [6.07, 6.45) is -0.133. The summed E-state index contributed by atoms with van der Waals surface area (Å²) >= 11 is 0. The number of halogens is 2. The lowest BCUT2D eigenvalue weighted by molar-refractivity contribution is -0.118. The smallest absolute Gasteiger partial charge is 0.242 e. The van der Waals surface area contributed by atoms with Crippen LogP contribution < -0.4 is 20.1 Å². The Morgan fingerprint density at radius 1 is 1.00 bits per heavy atom. The number of hydrogen-bond acceptors (Lipinski definition) is 7. The zero-order chi connectivity index (χ0) is 28.5. The number of rotatable bonds is 9. The third kappa shape index (κ3) is 6.39. The van der Waals surface area contributed by atoms with E-state index < -0.39 is 49.2 Å². The van der Waals surface area contributed by atoms with Crippen molar-refractivity contribution in [2.75, 3.05) is 6.54 Å². The molecule has 0 radical (unpaired) electrons. The molecule has 212 valence electrons. The molecule has 1 unspecified atom stereocenters. The molecule has 3 aromatic carbocycles. The molecule has 2 saturated heterocycles. The number of benzene rings is 3. The van der Waals surface area contributed by atoms with Crippen molar-refractivity contribution in [3.63, 3.8) is 0 Å². The summed E-state index contributed by atoms with van der Waals surface area (Å²) in [5.74, 6) is -1.58. The van der Waals surface area contributed by atoms with E-state index in [9.17, 15) is 30.4 Å². The van der Waals surface area contributed by atoms with Gasteiger partial charge in [0, 0.05) is 12.6 Å². The van der Waals surface area contributed by atoms with Crippen LogP contribution in [-0.2, 0) is 37.7 Å². The van der Waals surface area contributed by atoms with E-state index in [1.54, 1.807) is 42.5 Å². The second kappa shape index (κ2) is 11.3. The number of carbonyl (C=O) groups excluding carboxylic acids is 1. The largest absolute Gasteiger partial charge is 0.299 e. The quantitative estimate of drug-likeness (QED) is 0.299. The number of nitrogens with one attached hydrogen (secondary N) is 4. The first-order valence-electron chi connectivity index (χ1n) is 12.6. The average molecular weight is 591 g/mol. The predicted molar refractivity (Wildman–Crippen MR) is 144 cm³/mol. The molecule has 5 rings (SSSR count). The summed E-state index contributed by atoms with van der Waals surface area (Å²) in [5, 5.41) is 5.61. The van der Waals surface area contributed by atoms with Crippen molar-refractivity contribution in [2.45, 2.75) is 47.7 Å². The van der Waals surface area contributed by atoms with E-state index in [0.29, 0.717) is 29.7 Å². The summed E-state index contributed by atoms with van der Waals surface area (Å²) in [6, 6.07) is 16.8. The Balaban J connectivity index is 1.36. The summed E-state index contributed by atoms with van der Waals surface area (Å²) < 4.78 is 83.5. The molecule has 0 saturated carbocycles. The zero-order valence-electron chi connectivity index (χ0n) is 21.2. The van der Waals surface area contributed by atoms with Crippen LogP contribution in [0.2, 0.25) is 0 Å². The SMILES string of the molecule is O=C1C[C@@H](c2ccc(C[C@H](NS(=O)(=O)c3cccc(F)c3)C3NC[C@@H](Cc4ccccc4F)N3)cc2)S(=O)(=O)N1. The number of hydrogen-bond donors (Lipinski definition) is 4. The number of carbonyl (C=O) groups is 1. The van der Waals surface area contributed by atoms with Crippen molar-refractivity contribution >= 4 is 26.0 Å². The van der Waals surface area contributed by atoms with Crippen molar-refractivity contribution in [2.24, 2.45) is 0 Å². The predicted octanol–water partition coefficient (Wildman–Crippen LogP) is 1.88. The molecule has 0 aromatic heterocycles. The van der Waals surface area contributed by atoms with Gasteiger partial charge in [0.05, 0.1) is 23.5 Å². The molecule has 13 heteroatoms. The van der Waals surface area contributed by atoms with Gasteiger partial charge >= 0.3 is 0 Å². The van der Waals surface area contributed by atoms with Crippen LogP contribution in [0.4, 0.5) is 8.78 Å². The van der Waals surface area contributed by atoms with E-state index in [-0.39, 0.29) is 29.6 Å². The van der Waals surface area contributed by atoms with Crippen LogP contribution in [0.3, 0.4) is 0 Å². The van der Waals surface area contributed by atoms with Gasteiger partial charge in [0.2, 0.25) is 26.0 Å². The molecule has 3 aromatic rings. The number of amides is 1. The molecule has 1 amide bonds. The van der Waals surface area contributed by atoms with Gasteiger partial charge in [-0.25, -0.2) is 30.3 Å². The third-order valence-corrected chi connectivity index (χ3v) is 10.2. The highest BCUT2D eigenvalue weighted by molar-refractivity contribution is 7.90. The first kappa shape index (κ1) is 28.3. The Labute approximate surface area is 231 Å². The van der Waals surface area contributed by atoms with Crippen LogP contribution in [0, 0.1) is 11.6 Å². The van der Waals surface area contributed by atoms with Crippen molar-refractivity contribution in [1.29, 1.82) is 0 Å². The van der Waals surface area contributed by atoms with Crippen LogP contribution in [0.1, 0.15) is 28.4 Å². The minimum atomic E-state index is -4.12. The lowest BCUT2D eigenvalue weighted by atomic mass is 10.0. The van der Waals surface area contributed by atoms with E-state index in [0.717, 1.165) is 12.1 Å². The van der Waals surface area contributed by atoms with Crippen LogP contribution in [0.5, 0.6) is 0 Å². The molecule has 4 N–H and O–H groups in total. The molecule has 40 heavy (non-hydrogen) atoms. The lowest BCUT2D eigenvalue weighted by Crippen LogP contribution is -2.54. The van der Waals surface area contributed by atoms with E-state index >= 15 is 0 Å². The molecule has 2 aliphatic heterocycles. The highest BCUT2D eigenvalue weighted by atomic mass is 32.2. The van der Waals surface area contributed by atoms with Gasteiger partial charge in [-0.2, -0.15) is 0 Å². The molecule has 2 fully saturated rings. The zero-order valence-corrected chi connectivity index (χ0v) is 22.8. The topological polar surface area (TPSA) is 133 Å². The Bertz CT molecular complexity index is 1620. The highest BCUT2D eigenvalue weighted by Crippen LogP contribution is 2.30. The molecular formula is C27H28F2N4O5S2. The Morgan fingerprint density at radius 2 is 1.75 bits per heavy atom. The molecule has 0 spiro atoms.